The minimum absolute atomic E-state index is 0.749. The second-order valence-electron chi connectivity index (χ2n) is 3.43. The lowest BCUT2D eigenvalue weighted by molar-refractivity contribution is 0.742. The molecule has 0 unspecified atom stereocenters. The van der Waals surface area contributed by atoms with Gasteiger partial charge in [-0.2, -0.15) is 0 Å². The van der Waals surface area contributed by atoms with Crippen molar-refractivity contribution in [3.05, 3.63) is 0 Å². The van der Waals surface area contributed by atoms with Crippen LogP contribution in [0.3, 0.4) is 0 Å². The molecule has 3 heteroatoms. The van der Waals surface area contributed by atoms with Crippen molar-refractivity contribution in [3.63, 3.8) is 0 Å². The number of aliphatic imine (C=N–C) groups is 3. The Balaban J connectivity index is 2.09. The highest BCUT2D eigenvalue weighted by Gasteiger charge is 2.11. The fourth-order valence-corrected chi connectivity index (χ4v) is 1.66. The fraction of sp³-hybridized carbons (Fsp3) is 0.700. The van der Waals surface area contributed by atoms with Crippen molar-refractivity contribution in [1.29, 1.82) is 0 Å². The third kappa shape index (κ3) is 2.23. The van der Waals surface area contributed by atoms with E-state index in [9.17, 15) is 0 Å². The van der Waals surface area contributed by atoms with E-state index < -0.39 is 0 Å². The maximum Gasteiger partial charge on any atom is 0.0821 e. The zero-order valence-electron chi connectivity index (χ0n) is 7.87. The molecule has 0 bridgehead atoms. The minimum atomic E-state index is 0.749. The van der Waals surface area contributed by atoms with E-state index in [2.05, 4.69) is 15.0 Å². The molecular weight excluding hydrogens is 162 g/mol. The van der Waals surface area contributed by atoms with E-state index in [0.717, 1.165) is 38.2 Å². The van der Waals surface area contributed by atoms with Gasteiger partial charge in [-0.25, -0.2) is 0 Å². The van der Waals surface area contributed by atoms with E-state index in [-0.39, 0.29) is 0 Å². The average molecular weight is 177 g/mol. The maximum atomic E-state index is 4.51. The molecule has 0 aromatic heterocycles. The van der Waals surface area contributed by atoms with Gasteiger partial charge in [0.15, 0.2) is 0 Å². The summed E-state index contributed by atoms with van der Waals surface area (Å²) in [4.78, 5) is 13.3. The second kappa shape index (κ2) is 4.30. The van der Waals surface area contributed by atoms with Crippen molar-refractivity contribution in [2.75, 3.05) is 19.6 Å². The summed E-state index contributed by atoms with van der Waals surface area (Å²) >= 11 is 0. The second-order valence-corrected chi connectivity index (χ2v) is 3.43. The Bertz CT molecular complexity index is 263. The average Bonchev–Trinajstić information content (AvgIpc) is 2.47. The van der Waals surface area contributed by atoms with Crippen molar-refractivity contribution in [1.82, 2.24) is 0 Å². The zero-order chi connectivity index (χ0) is 8.93. The molecule has 0 fully saturated rings. The van der Waals surface area contributed by atoms with Crippen LogP contribution < -0.4 is 0 Å². The molecular formula is C10H15N3. The van der Waals surface area contributed by atoms with Crippen molar-refractivity contribution < 1.29 is 0 Å². The van der Waals surface area contributed by atoms with Gasteiger partial charge in [-0.3, -0.25) is 15.0 Å². The van der Waals surface area contributed by atoms with Crippen LogP contribution >= 0.6 is 0 Å². The Morgan fingerprint density at radius 2 is 1.92 bits per heavy atom. The van der Waals surface area contributed by atoms with Crippen LogP contribution in [0.2, 0.25) is 0 Å². The van der Waals surface area contributed by atoms with Gasteiger partial charge in [0.2, 0.25) is 0 Å². The molecule has 0 saturated heterocycles. The van der Waals surface area contributed by atoms with E-state index >= 15 is 0 Å². The number of rotatable bonds is 1. The van der Waals surface area contributed by atoms with Crippen molar-refractivity contribution in [2.45, 2.75) is 25.7 Å². The molecule has 0 aliphatic carbocycles. The van der Waals surface area contributed by atoms with E-state index in [1.54, 1.807) is 0 Å². The van der Waals surface area contributed by atoms with Crippen molar-refractivity contribution in [2.24, 2.45) is 15.0 Å². The lowest BCUT2D eigenvalue weighted by Gasteiger charge is -2.12. The largest absolute Gasteiger partial charge is 0.291 e. The fourth-order valence-electron chi connectivity index (χ4n) is 1.66. The summed E-state index contributed by atoms with van der Waals surface area (Å²) in [7, 11) is 0. The zero-order valence-corrected chi connectivity index (χ0v) is 7.87. The summed E-state index contributed by atoms with van der Waals surface area (Å²) in [6.45, 7) is 2.62. The summed E-state index contributed by atoms with van der Waals surface area (Å²) < 4.78 is 0. The summed E-state index contributed by atoms with van der Waals surface area (Å²) in [5.41, 5.74) is 2.35. The SMILES string of the molecule is C1=NCC(C2=NCCCC2)=NCC1. The molecule has 0 spiro atoms. The van der Waals surface area contributed by atoms with Gasteiger partial charge < -0.3 is 0 Å². The molecule has 0 aromatic rings. The topological polar surface area (TPSA) is 37.1 Å². The summed E-state index contributed by atoms with van der Waals surface area (Å²) in [6.07, 6.45) is 6.56. The Morgan fingerprint density at radius 3 is 2.77 bits per heavy atom. The maximum absolute atomic E-state index is 4.51. The molecule has 0 aromatic carbocycles. The normalized spacial score (nSPS) is 23.4. The van der Waals surface area contributed by atoms with E-state index in [4.69, 9.17) is 0 Å². The highest BCUT2D eigenvalue weighted by Crippen LogP contribution is 2.08. The third-order valence-electron chi connectivity index (χ3n) is 2.39. The minimum Gasteiger partial charge on any atom is -0.291 e. The van der Waals surface area contributed by atoms with Crippen molar-refractivity contribution >= 4 is 17.6 Å². The van der Waals surface area contributed by atoms with Crippen LogP contribution in [0.25, 0.3) is 0 Å². The van der Waals surface area contributed by atoms with Gasteiger partial charge in [-0.05, 0) is 19.3 Å². The molecule has 2 heterocycles. The molecule has 70 valence electrons. The highest BCUT2D eigenvalue weighted by atomic mass is 14.9. The molecule has 2 aliphatic rings. The first-order valence-electron chi connectivity index (χ1n) is 5.02. The standard InChI is InChI=1S/C10H15N3/c1-2-6-12-9(4-1)10-8-11-5-3-7-13-10/h5H,1-4,6-8H2. The predicted molar refractivity (Wildman–Crippen MR) is 56.4 cm³/mol. The van der Waals surface area contributed by atoms with Crippen LogP contribution in [0, 0.1) is 0 Å². The summed E-state index contributed by atoms with van der Waals surface area (Å²) in [5, 5.41) is 0. The molecule has 0 amide bonds. The molecule has 2 rings (SSSR count). The molecule has 3 nitrogen and oxygen atoms in total. The molecule has 2 aliphatic heterocycles. The molecule has 0 saturated carbocycles. The molecule has 0 atom stereocenters. The Hall–Kier alpha value is -0.990. The van der Waals surface area contributed by atoms with Crippen LogP contribution in [0.1, 0.15) is 25.7 Å². The molecule has 0 N–H and O–H groups in total. The third-order valence-corrected chi connectivity index (χ3v) is 2.39. The quantitative estimate of drug-likeness (QED) is 0.582. The van der Waals surface area contributed by atoms with E-state index in [0.29, 0.717) is 0 Å². The van der Waals surface area contributed by atoms with E-state index in [1.165, 1.54) is 18.6 Å². The lowest BCUT2D eigenvalue weighted by Crippen LogP contribution is -2.20. The number of hydrogen-bond acceptors (Lipinski definition) is 3. The first-order valence-corrected chi connectivity index (χ1v) is 5.02. The van der Waals surface area contributed by atoms with E-state index in [1.807, 2.05) is 6.21 Å². The summed E-state index contributed by atoms with van der Waals surface area (Å²) in [6, 6.07) is 0. The van der Waals surface area contributed by atoms with Gasteiger partial charge >= 0.3 is 0 Å². The highest BCUT2D eigenvalue weighted by molar-refractivity contribution is 6.43. The van der Waals surface area contributed by atoms with Crippen LogP contribution in [0.15, 0.2) is 15.0 Å². The summed E-state index contributed by atoms with van der Waals surface area (Å²) in [5.74, 6) is 0. The molecule has 13 heavy (non-hydrogen) atoms. The molecule has 0 radical (unpaired) electrons. The van der Waals surface area contributed by atoms with Crippen LogP contribution in [0.4, 0.5) is 0 Å². The lowest BCUT2D eigenvalue weighted by atomic mass is 10.1. The van der Waals surface area contributed by atoms with Gasteiger partial charge in [0.1, 0.15) is 0 Å². The Morgan fingerprint density at radius 1 is 1.00 bits per heavy atom. The van der Waals surface area contributed by atoms with Crippen LogP contribution in [-0.2, 0) is 0 Å². The Kier molecular flexibility index (Phi) is 2.85. The van der Waals surface area contributed by atoms with Gasteiger partial charge in [0, 0.05) is 25.7 Å². The van der Waals surface area contributed by atoms with Gasteiger partial charge in [0.25, 0.3) is 0 Å². The smallest absolute Gasteiger partial charge is 0.0821 e. The van der Waals surface area contributed by atoms with Gasteiger partial charge in [0.05, 0.1) is 18.0 Å². The number of nitrogens with zero attached hydrogens (tertiary/aromatic N) is 3. The van der Waals surface area contributed by atoms with Gasteiger partial charge in [-0.1, -0.05) is 0 Å². The van der Waals surface area contributed by atoms with Crippen molar-refractivity contribution in [3.8, 4) is 0 Å². The van der Waals surface area contributed by atoms with Gasteiger partial charge in [-0.15, -0.1) is 0 Å². The first-order chi connectivity index (χ1) is 6.47. The monoisotopic (exact) mass is 177 g/mol. The predicted octanol–water partition coefficient (Wildman–Crippen LogP) is 1.53. The number of hydrogen-bond donors (Lipinski definition) is 0. The van der Waals surface area contributed by atoms with Crippen LogP contribution in [0.5, 0.6) is 0 Å². The first kappa shape index (κ1) is 8.60. The Labute approximate surface area is 78.7 Å². The van der Waals surface area contributed by atoms with Crippen LogP contribution in [-0.4, -0.2) is 37.3 Å².